The van der Waals surface area contributed by atoms with Crippen LogP contribution in [0.15, 0.2) is 23.1 Å². The second-order valence-corrected chi connectivity index (χ2v) is 7.03. The fourth-order valence-corrected chi connectivity index (χ4v) is 2.64. The normalized spacial score (nSPS) is 14.5. The van der Waals surface area contributed by atoms with Crippen LogP contribution in [0.3, 0.4) is 0 Å². The van der Waals surface area contributed by atoms with Gasteiger partial charge in [0.25, 0.3) is 5.69 Å². The summed E-state index contributed by atoms with van der Waals surface area (Å²) in [4.78, 5) is 9.94. The Balaban J connectivity index is 3.05. The summed E-state index contributed by atoms with van der Waals surface area (Å²) in [5.74, 6) is 0.0669. The number of benzene rings is 1. The third-order valence-electron chi connectivity index (χ3n) is 3.38. The smallest absolute Gasteiger partial charge is 0.270 e. The molecule has 0 spiro atoms. The van der Waals surface area contributed by atoms with Crippen molar-refractivity contribution in [3.63, 3.8) is 0 Å². The Morgan fingerprint density at radius 2 is 2.05 bits per heavy atom. The lowest BCUT2D eigenvalue weighted by molar-refractivity contribution is -0.385. The Morgan fingerprint density at radius 1 is 1.43 bits per heavy atom. The highest BCUT2D eigenvalue weighted by Gasteiger charge is 2.19. The number of anilines is 1. The molecule has 7 nitrogen and oxygen atoms in total. The van der Waals surface area contributed by atoms with E-state index >= 15 is 0 Å². The Hall–Kier alpha value is -1.67. The molecule has 0 radical (unpaired) electrons. The van der Waals surface area contributed by atoms with Crippen molar-refractivity contribution in [2.75, 3.05) is 18.1 Å². The molecule has 0 bridgehead atoms. The standard InChI is InChI=1S/C13H20N2O5S/c1-4-9(2)12(16)8-14-11-6-5-10(15(17)18)7-13(11)21(3,19)20/h5-7,9,12,14,16H,4,8H2,1-3H3. The van der Waals surface area contributed by atoms with Crippen LogP contribution in [-0.4, -0.2) is 37.4 Å². The van der Waals surface area contributed by atoms with Crippen LogP contribution in [-0.2, 0) is 9.84 Å². The predicted octanol–water partition coefficient (Wildman–Crippen LogP) is 1.82. The molecule has 1 aromatic rings. The highest BCUT2D eigenvalue weighted by atomic mass is 32.2. The van der Waals surface area contributed by atoms with Gasteiger partial charge >= 0.3 is 0 Å². The summed E-state index contributed by atoms with van der Waals surface area (Å²) < 4.78 is 23.5. The van der Waals surface area contributed by atoms with Crippen LogP contribution in [0.2, 0.25) is 0 Å². The Labute approximate surface area is 124 Å². The number of nitrogens with one attached hydrogen (secondary N) is 1. The van der Waals surface area contributed by atoms with E-state index in [1.54, 1.807) is 0 Å². The van der Waals surface area contributed by atoms with E-state index < -0.39 is 20.9 Å². The molecule has 0 amide bonds. The average molecular weight is 316 g/mol. The Morgan fingerprint density at radius 3 is 2.52 bits per heavy atom. The fraction of sp³-hybridized carbons (Fsp3) is 0.538. The summed E-state index contributed by atoms with van der Waals surface area (Å²) in [5.41, 5.74) is -0.0334. The summed E-state index contributed by atoms with van der Waals surface area (Å²) >= 11 is 0. The first-order valence-corrected chi connectivity index (χ1v) is 8.46. The zero-order valence-corrected chi connectivity index (χ0v) is 13.1. The first-order chi connectivity index (χ1) is 9.66. The third kappa shape index (κ3) is 4.68. The summed E-state index contributed by atoms with van der Waals surface area (Å²) in [7, 11) is -3.61. The largest absolute Gasteiger partial charge is 0.391 e. The van der Waals surface area contributed by atoms with Crippen LogP contribution < -0.4 is 5.32 Å². The number of hydrogen-bond donors (Lipinski definition) is 2. The van der Waals surface area contributed by atoms with Crippen molar-refractivity contribution in [1.82, 2.24) is 0 Å². The Kier molecular flexibility index (Phi) is 5.68. The number of sulfone groups is 1. The van der Waals surface area contributed by atoms with Crippen LogP contribution >= 0.6 is 0 Å². The molecular weight excluding hydrogens is 296 g/mol. The van der Waals surface area contributed by atoms with Crippen molar-refractivity contribution < 1.29 is 18.4 Å². The quantitative estimate of drug-likeness (QED) is 0.586. The molecule has 0 saturated heterocycles. The average Bonchev–Trinajstić information content (AvgIpc) is 2.42. The molecule has 0 saturated carbocycles. The lowest BCUT2D eigenvalue weighted by Gasteiger charge is -2.19. The number of hydrogen-bond acceptors (Lipinski definition) is 6. The second-order valence-electron chi connectivity index (χ2n) is 5.04. The van der Waals surface area contributed by atoms with Crippen molar-refractivity contribution >= 4 is 21.2 Å². The molecule has 0 aliphatic rings. The van der Waals surface area contributed by atoms with E-state index in [1.807, 2.05) is 13.8 Å². The molecule has 0 heterocycles. The van der Waals surface area contributed by atoms with E-state index in [4.69, 9.17) is 0 Å². The molecule has 2 N–H and O–H groups in total. The SMILES string of the molecule is CCC(C)C(O)CNc1ccc([N+](=O)[O-])cc1S(C)(=O)=O. The minimum absolute atomic E-state index is 0.0669. The predicted molar refractivity (Wildman–Crippen MR) is 80.2 cm³/mol. The van der Waals surface area contributed by atoms with Gasteiger partial charge in [0.2, 0.25) is 0 Å². The summed E-state index contributed by atoms with van der Waals surface area (Å²) in [6, 6.07) is 3.60. The van der Waals surface area contributed by atoms with Gasteiger partial charge in [0.1, 0.15) is 0 Å². The minimum atomic E-state index is -3.61. The highest BCUT2D eigenvalue weighted by Crippen LogP contribution is 2.26. The van der Waals surface area contributed by atoms with Crippen LogP contribution in [0.5, 0.6) is 0 Å². The topological polar surface area (TPSA) is 110 Å². The van der Waals surface area contributed by atoms with E-state index in [0.29, 0.717) is 0 Å². The second kappa shape index (κ2) is 6.86. The van der Waals surface area contributed by atoms with Crippen LogP contribution in [0, 0.1) is 16.0 Å². The molecule has 0 aromatic heterocycles. The fourth-order valence-electron chi connectivity index (χ4n) is 1.77. The van der Waals surface area contributed by atoms with Crippen molar-refractivity contribution in [2.24, 2.45) is 5.92 Å². The maximum Gasteiger partial charge on any atom is 0.270 e. The van der Waals surface area contributed by atoms with Crippen LogP contribution in [0.4, 0.5) is 11.4 Å². The lowest BCUT2D eigenvalue weighted by atomic mass is 10.0. The van der Waals surface area contributed by atoms with E-state index in [2.05, 4.69) is 5.32 Å². The van der Waals surface area contributed by atoms with Crippen LogP contribution in [0.1, 0.15) is 20.3 Å². The zero-order chi connectivity index (χ0) is 16.2. The molecule has 8 heteroatoms. The van der Waals surface area contributed by atoms with Crippen molar-refractivity contribution in [2.45, 2.75) is 31.3 Å². The first kappa shape index (κ1) is 17.4. The van der Waals surface area contributed by atoms with Gasteiger partial charge in [-0.3, -0.25) is 10.1 Å². The summed E-state index contributed by atoms with van der Waals surface area (Å²) in [6.45, 7) is 4.01. The monoisotopic (exact) mass is 316 g/mol. The molecule has 1 aromatic carbocycles. The molecule has 0 aliphatic heterocycles. The lowest BCUT2D eigenvalue weighted by Crippen LogP contribution is -2.26. The van der Waals surface area contributed by atoms with E-state index in [-0.39, 0.29) is 28.7 Å². The molecular formula is C13H20N2O5S. The molecule has 1 rings (SSSR count). The number of aliphatic hydroxyl groups is 1. The number of aliphatic hydroxyl groups excluding tert-OH is 1. The molecule has 21 heavy (non-hydrogen) atoms. The maximum atomic E-state index is 11.7. The van der Waals surface area contributed by atoms with Gasteiger partial charge in [0, 0.05) is 24.9 Å². The summed E-state index contributed by atoms with van der Waals surface area (Å²) in [5, 5.41) is 23.5. The number of nitro benzene ring substituents is 1. The van der Waals surface area contributed by atoms with E-state index in [9.17, 15) is 23.6 Å². The third-order valence-corrected chi connectivity index (χ3v) is 4.51. The number of rotatable bonds is 7. The highest BCUT2D eigenvalue weighted by molar-refractivity contribution is 7.90. The van der Waals surface area contributed by atoms with Gasteiger partial charge in [-0.1, -0.05) is 20.3 Å². The van der Waals surface area contributed by atoms with E-state index in [1.165, 1.54) is 12.1 Å². The van der Waals surface area contributed by atoms with Gasteiger partial charge < -0.3 is 10.4 Å². The van der Waals surface area contributed by atoms with E-state index in [0.717, 1.165) is 18.7 Å². The van der Waals surface area contributed by atoms with Crippen molar-refractivity contribution in [3.8, 4) is 0 Å². The van der Waals surface area contributed by atoms with Gasteiger partial charge in [-0.15, -0.1) is 0 Å². The number of nitrogens with zero attached hydrogens (tertiary/aromatic N) is 1. The first-order valence-electron chi connectivity index (χ1n) is 6.57. The summed E-state index contributed by atoms with van der Waals surface area (Å²) in [6.07, 6.45) is 1.15. The van der Waals surface area contributed by atoms with Gasteiger partial charge in [0.15, 0.2) is 9.84 Å². The molecule has 2 atom stereocenters. The zero-order valence-electron chi connectivity index (χ0n) is 12.2. The van der Waals surface area contributed by atoms with Gasteiger partial charge in [-0.2, -0.15) is 0 Å². The van der Waals surface area contributed by atoms with Gasteiger partial charge in [0.05, 0.1) is 21.6 Å². The number of nitro groups is 1. The minimum Gasteiger partial charge on any atom is -0.391 e. The maximum absolute atomic E-state index is 11.7. The van der Waals surface area contributed by atoms with Crippen LogP contribution in [0.25, 0.3) is 0 Å². The molecule has 2 unspecified atom stereocenters. The van der Waals surface area contributed by atoms with Crippen molar-refractivity contribution in [3.05, 3.63) is 28.3 Å². The van der Waals surface area contributed by atoms with Crippen molar-refractivity contribution in [1.29, 1.82) is 0 Å². The molecule has 0 aliphatic carbocycles. The molecule has 118 valence electrons. The van der Waals surface area contributed by atoms with Gasteiger partial charge in [-0.25, -0.2) is 8.42 Å². The van der Waals surface area contributed by atoms with Gasteiger partial charge in [-0.05, 0) is 12.0 Å². The number of non-ortho nitro benzene ring substituents is 1. The Bertz CT molecular complexity index is 615. The molecule has 0 fully saturated rings.